The molecule has 0 atom stereocenters. The molecule has 148 valence electrons. The van der Waals surface area contributed by atoms with E-state index >= 15 is 0 Å². The molecule has 0 fully saturated rings. The van der Waals surface area contributed by atoms with E-state index in [1.807, 2.05) is 13.8 Å². The molecule has 0 spiro atoms. The molecule has 7 nitrogen and oxygen atoms in total. The van der Waals surface area contributed by atoms with Gasteiger partial charge in [0, 0.05) is 17.9 Å². The highest BCUT2D eigenvalue weighted by atomic mass is 32.2. The van der Waals surface area contributed by atoms with Crippen LogP contribution in [-0.4, -0.2) is 35.9 Å². The number of anilines is 1. The van der Waals surface area contributed by atoms with E-state index in [9.17, 15) is 9.59 Å². The second-order valence-electron chi connectivity index (χ2n) is 6.39. The maximum absolute atomic E-state index is 12.6. The van der Waals surface area contributed by atoms with Gasteiger partial charge in [0.25, 0.3) is 11.8 Å². The van der Waals surface area contributed by atoms with Crippen molar-refractivity contribution in [2.75, 3.05) is 24.2 Å². The third-order valence-electron chi connectivity index (χ3n) is 4.44. The van der Waals surface area contributed by atoms with Crippen LogP contribution in [0.2, 0.25) is 0 Å². The summed E-state index contributed by atoms with van der Waals surface area (Å²) in [5.74, 6) is 1.58. The summed E-state index contributed by atoms with van der Waals surface area (Å²) in [5, 5.41) is 9.64. The molecule has 1 aliphatic heterocycles. The van der Waals surface area contributed by atoms with Gasteiger partial charge in [0.2, 0.25) is 0 Å². The summed E-state index contributed by atoms with van der Waals surface area (Å²) in [6.07, 6.45) is 0.626. The smallest absolute Gasteiger partial charge is 0.265 e. The second-order valence-corrected chi connectivity index (χ2v) is 7.50. The van der Waals surface area contributed by atoms with Gasteiger partial charge >= 0.3 is 0 Å². The Morgan fingerprint density at radius 1 is 1.18 bits per heavy atom. The first-order chi connectivity index (χ1) is 13.5. The Kier molecular flexibility index (Phi) is 6.41. The molecule has 0 saturated carbocycles. The summed E-state index contributed by atoms with van der Waals surface area (Å²) in [6, 6.07) is 6.95. The van der Waals surface area contributed by atoms with Crippen molar-refractivity contribution in [1.29, 1.82) is 0 Å². The zero-order valence-electron chi connectivity index (χ0n) is 16.1. The van der Waals surface area contributed by atoms with Gasteiger partial charge in [-0.1, -0.05) is 17.3 Å². The predicted octanol–water partition coefficient (Wildman–Crippen LogP) is 3.20. The van der Waals surface area contributed by atoms with Crippen molar-refractivity contribution in [3.8, 4) is 0 Å². The predicted molar refractivity (Wildman–Crippen MR) is 108 cm³/mol. The number of aromatic nitrogens is 1. The lowest BCUT2D eigenvalue weighted by Gasteiger charge is -2.18. The van der Waals surface area contributed by atoms with Gasteiger partial charge in [-0.05, 0) is 39.3 Å². The van der Waals surface area contributed by atoms with Crippen LogP contribution in [0.4, 0.5) is 5.69 Å². The molecule has 0 radical (unpaired) electrons. The monoisotopic (exact) mass is 401 g/mol. The minimum Gasteiger partial charge on any atom is -0.496 e. The summed E-state index contributed by atoms with van der Waals surface area (Å²) in [7, 11) is 0. The fourth-order valence-corrected chi connectivity index (χ4v) is 3.77. The van der Waals surface area contributed by atoms with Crippen LogP contribution in [0.3, 0.4) is 0 Å². The number of nitrogens with zero attached hydrogens (tertiary/aromatic N) is 1. The summed E-state index contributed by atoms with van der Waals surface area (Å²) in [5.41, 5.74) is 2.71. The van der Waals surface area contributed by atoms with Crippen LogP contribution in [0, 0.1) is 13.8 Å². The number of aryl methyl sites for hydroxylation is 2. The van der Waals surface area contributed by atoms with Gasteiger partial charge in [-0.3, -0.25) is 9.59 Å². The van der Waals surface area contributed by atoms with Gasteiger partial charge in [-0.25, -0.2) is 0 Å². The standard InChI is InChI=1S/C20H23N3O4S/c1-12-15(13(2)27-23-12)8-9-21-19(24)16-6-4-5-7-17(16)22-20(25)18-14(3)26-10-11-28-18/h4-7H,8-11H2,1-3H3,(H,21,24)(H,22,25). The number of hydrogen-bond donors (Lipinski definition) is 2. The van der Waals surface area contributed by atoms with Gasteiger partial charge in [-0.15, -0.1) is 11.8 Å². The number of rotatable bonds is 6. The van der Waals surface area contributed by atoms with Gasteiger partial charge in [0.15, 0.2) is 0 Å². The number of para-hydroxylation sites is 1. The van der Waals surface area contributed by atoms with E-state index in [0.29, 0.717) is 41.5 Å². The van der Waals surface area contributed by atoms with Crippen LogP contribution < -0.4 is 10.6 Å². The molecule has 1 aromatic heterocycles. The lowest BCUT2D eigenvalue weighted by molar-refractivity contribution is -0.112. The molecule has 1 aliphatic rings. The highest BCUT2D eigenvalue weighted by molar-refractivity contribution is 8.04. The number of ether oxygens (including phenoxy) is 1. The Morgan fingerprint density at radius 3 is 2.68 bits per heavy atom. The van der Waals surface area contributed by atoms with Crippen LogP contribution in [0.15, 0.2) is 39.5 Å². The van der Waals surface area contributed by atoms with Crippen molar-refractivity contribution in [2.45, 2.75) is 27.2 Å². The Labute approximate surface area is 167 Å². The highest BCUT2D eigenvalue weighted by Gasteiger charge is 2.21. The molecule has 2 amide bonds. The van der Waals surface area contributed by atoms with Crippen LogP contribution >= 0.6 is 11.8 Å². The van der Waals surface area contributed by atoms with E-state index in [4.69, 9.17) is 9.26 Å². The summed E-state index contributed by atoms with van der Waals surface area (Å²) in [6.45, 7) is 6.54. The number of amides is 2. The van der Waals surface area contributed by atoms with Crippen molar-refractivity contribution < 1.29 is 18.8 Å². The molecule has 28 heavy (non-hydrogen) atoms. The number of thioether (sulfide) groups is 1. The number of carbonyl (C=O) groups is 2. The molecular weight excluding hydrogens is 378 g/mol. The first kappa shape index (κ1) is 20.0. The number of nitrogens with one attached hydrogen (secondary N) is 2. The molecule has 0 bridgehead atoms. The van der Waals surface area contributed by atoms with E-state index in [-0.39, 0.29) is 11.8 Å². The van der Waals surface area contributed by atoms with E-state index in [1.54, 1.807) is 31.2 Å². The van der Waals surface area contributed by atoms with Crippen molar-refractivity contribution >= 4 is 29.3 Å². The second kappa shape index (κ2) is 8.97. The largest absolute Gasteiger partial charge is 0.496 e. The highest BCUT2D eigenvalue weighted by Crippen LogP contribution is 2.27. The molecule has 0 aliphatic carbocycles. The number of benzene rings is 1. The quantitative estimate of drug-likeness (QED) is 0.772. The zero-order valence-corrected chi connectivity index (χ0v) is 16.9. The van der Waals surface area contributed by atoms with Crippen LogP contribution in [0.1, 0.15) is 34.3 Å². The van der Waals surface area contributed by atoms with E-state index < -0.39 is 0 Å². The minimum absolute atomic E-state index is 0.249. The zero-order chi connectivity index (χ0) is 20.1. The number of carbonyl (C=O) groups excluding carboxylic acids is 2. The maximum Gasteiger partial charge on any atom is 0.265 e. The van der Waals surface area contributed by atoms with Gasteiger partial charge in [-0.2, -0.15) is 0 Å². The van der Waals surface area contributed by atoms with Gasteiger partial charge in [0.05, 0.1) is 23.6 Å². The number of allylic oxidation sites excluding steroid dienone is 1. The third kappa shape index (κ3) is 4.56. The minimum atomic E-state index is -0.266. The lowest BCUT2D eigenvalue weighted by atomic mass is 10.1. The van der Waals surface area contributed by atoms with E-state index in [2.05, 4.69) is 15.8 Å². The maximum atomic E-state index is 12.6. The Bertz CT molecular complexity index is 900. The summed E-state index contributed by atoms with van der Waals surface area (Å²) in [4.78, 5) is 25.8. The van der Waals surface area contributed by atoms with Gasteiger partial charge < -0.3 is 19.9 Å². The Morgan fingerprint density at radius 2 is 1.96 bits per heavy atom. The summed E-state index contributed by atoms with van der Waals surface area (Å²) < 4.78 is 10.6. The van der Waals surface area contributed by atoms with Gasteiger partial charge in [0.1, 0.15) is 16.4 Å². The van der Waals surface area contributed by atoms with Crippen LogP contribution in [0.25, 0.3) is 0 Å². The van der Waals surface area contributed by atoms with E-state index in [1.165, 1.54) is 11.8 Å². The first-order valence-electron chi connectivity index (χ1n) is 9.04. The Hall–Kier alpha value is -2.74. The number of hydrogen-bond acceptors (Lipinski definition) is 6. The fraction of sp³-hybridized carbons (Fsp3) is 0.350. The normalized spacial score (nSPS) is 13.8. The molecule has 8 heteroatoms. The summed E-state index contributed by atoms with van der Waals surface area (Å²) >= 11 is 1.46. The Balaban J connectivity index is 1.66. The molecular formula is C20H23N3O4S. The van der Waals surface area contributed by atoms with Crippen molar-refractivity contribution in [3.63, 3.8) is 0 Å². The molecule has 0 saturated heterocycles. The SMILES string of the molecule is CC1=C(C(=O)Nc2ccccc2C(=O)NCCc2c(C)noc2C)SCCO1. The van der Waals surface area contributed by atoms with Crippen LogP contribution in [0.5, 0.6) is 0 Å². The topological polar surface area (TPSA) is 93.5 Å². The van der Waals surface area contributed by atoms with Crippen molar-refractivity contribution in [2.24, 2.45) is 0 Å². The molecule has 3 rings (SSSR count). The molecule has 1 aromatic carbocycles. The van der Waals surface area contributed by atoms with E-state index in [0.717, 1.165) is 22.8 Å². The fourth-order valence-electron chi connectivity index (χ4n) is 2.96. The third-order valence-corrected chi connectivity index (χ3v) is 5.57. The van der Waals surface area contributed by atoms with Crippen molar-refractivity contribution in [1.82, 2.24) is 10.5 Å². The lowest BCUT2D eigenvalue weighted by Crippen LogP contribution is -2.27. The average Bonchev–Trinajstić information content (AvgIpc) is 3.00. The molecule has 2 N–H and O–H groups in total. The van der Waals surface area contributed by atoms with Crippen molar-refractivity contribution in [3.05, 3.63) is 57.5 Å². The first-order valence-corrected chi connectivity index (χ1v) is 10.0. The van der Waals surface area contributed by atoms with Crippen LogP contribution in [-0.2, 0) is 16.0 Å². The average molecular weight is 401 g/mol. The molecule has 2 aromatic rings. The molecule has 0 unspecified atom stereocenters. The molecule has 2 heterocycles.